The summed E-state index contributed by atoms with van der Waals surface area (Å²) in [6, 6.07) is 19.1. The van der Waals surface area contributed by atoms with E-state index in [-0.39, 0.29) is 0 Å². The normalized spacial score (nSPS) is 14.3. The van der Waals surface area contributed by atoms with Crippen LogP contribution in [-0.4, -0.2) is 82.9 Å². The molecule has 38 heavy (non-hydrogen) atoms. The van der Waals surface area contributed by atoms with E-state index >= 15 is 0 Å². The molecule has 0 aliphatic carbocycles. The number of aromatic nitrogens is 4. The average Bonchev–Trinajstić information content (AvgIpc) is 3.37. The fraction of sp³-hybridized carbons (Fsp3) is 0.367. The van der Waals surface area contributed by atoms with Crippen molar-refractivity contribution in [2.75, 3.05) is 63.6 Å². The standard InChI is InChI=1S/C30H38N8/c1-5-35(3)18-21-38-29(24-8-6-23(2)7-9-24)27(22-32-38)28-14-15-31-30(34-28)33-25-10-12-26(13-11-25)37-19-16-36(4)17-20-37/h6-15,22H,5,16-21H2,1-4H3,(H,31,33,34). The van der Waals surface area contributed by atoms with Gasteiger partial charge in [0.1, 0.15) is 0 Å². The van der Waals surface area contributed by atoms with Gasteiger partial charge in [-0.05, 0) is 57.9 Å². The zero-order valence-corrected chi connectivity index (χ0v) is 22.9. The summed E-state index contributed by atoms with van der Waals surface area (Å²) in [5.74, 6) is 0.572. The predicted molar refractivity (Wildman–Crippen MR) is 156 cm³/mol. The Morgan fingerprint density at radius 3 is 2.39 bits per heavy atom. The first-order valence-electron chi connectivity index (χ1n) is 13.5. The summed E-state index contributed by atoms with van der Waals surface area (Å²) in [4.78, 5) is 16.5. The Bertz CT molecular complexity index is 1320. The van der Waals surface area contributed by atoms with E-state index in [1.54, 1.807) is 0 Å². The van der Waals surface area contributed by atoms with Gasteiger partial charge in [-0.15, -0.1) is 0 Å². The molecular formula is C30H38N8. The summed E-state index contributed by atoms with van der Waals surface area (Å²) in [6.45, 7) is 11.3. The molecule has 198 valence electrons. The van der Waals surface area contributed by atoms with Crippen LogP contribution >= 0.6 is 0 Å². The first-order valence-corrected chi connectivity index (χ1v) is 13.5. The number of rotatable bonds is 9. The number of piperazine rings is 1. The highest BCUT2D eigenvalue weighted by atomic mass is 15.3. The van der Waals surface area contributed by atoms with Crippen LogP contribution in [0, 0.1) is 6.92 Å². The second-order valence-corrected chi connectivity index (χ2v) is 10.1. The third-order valence-corrected chi connectivity index (χ3v) is 7.32. The van der Waals surface area contributed by atoms with Gasteiger partial charge in [0.25, 0.3) is 0 Å². The molecule has 4 aromatic rings. The van der Waals surface area contributed by atoms with Gasteiger partial charge in [0.15, 0.2) is 0 Å². The van der Waals surface area contributed by atoms with Gasteiger partial charge in [-0.3, -0.25) is 4.68 Å². The molecule has 0 atom stereocenters. The van der Waals surface area contributed by atoms with Crippen LogP contribution < -0.4 is 10.2 Å². The van der Waals surface area contributed by atoms with Gasteiger partial charge in [-0.2, -0.15) is 5.10 Å². The van der Waals surface area contributed by atoms with Crippen molar-refractivity contribution in [3.05, 3.63) is 72.6 Å². The van der Waals surface area contributed by atoms with Crippen molar-refractivity contribution in [3.63, 3.8) is 0 Å². The fourth-order valence-corrected chi connectivity index (χ4v) is 4.70. The lowest BCUT2D eigenvalue weighted by Gasteiger charge is -2.34. The molecular weight excluding hydrogens is 472 g/mol. The summed E-state index contributed by atoms with van der Waals surface area (Å²) < 4.78 is 2.10. The third-order valence-electron chi connectivity index (χ3n) is 7.32. The molecule has 5 rings (SSSR count). The van der Waals surface area contributed by atoms with E-state index < -0.39 is 0 Å². The molecule has 1 fully saturated rings. The van der Waals surface area contributed by atoms with E-state index in [0.717, 1.165) is 74.0 Å². The lowest BCUT2D eigenvalue weighted by atomic mass is 10.0. The molecule has 0 radical (unpaired) electrons. The number of hydrogen-bond acceptors (Lipinski definition) is 7. The van der Waals surface area contributed by atoms with Crippen molar-refractivity contribution >= 4 is 17.3 Å². The molecule has 1 aliphatic heterocycles. The van der Waals surface area contributed by atoms with E-state index in [9.17, 15) is 0 Å². The van der Waals surface area contributed by atoms with Gasteiger partial charge in [-0.25, -0.2) is 9.97 Å². The number of nitrogens with zero attached hydrogens (tertiary/aromatic N) is 7. The molecule has 3 heterocycles. The minimum atomic E-state index is 0.572. The quantitative estimate of drug-likeness (QED) is 0.348. The van der Waals surface area contributed by atoms with Crippen LogP contribution in [0.3, 0.4) is 0 Å². The monoisotopic (exact) mass is 510 g/mol. The van der Waals surface area contributed by atoms with Gasteiger partial charge in [-0.1, -0.05) is 36.8 Å². The van der Waals surface area contributed by atoms with Crippen molar-refractivity contribution in [1.29, 1.82) is 0 Å². The topological polar surface area (TPSA) is 65.4 Å². The van der Waals surface area contributed by atoms with Gasteiger partial charge < -0.3 is 20.0 Å². The second kappa shape index (κ2) is 11.8. The molecule has 1 N–H and O–H groups in total. The van der Waals surface area contributed by atoms with Crippen molar-refractivity contribution in [3.8, 4) is 22.5 Å². The summed E-state index contributed by atoms with van der Waals surface area (Å²) in [7, 11) is 4.31. The van der Waals surface area contributed by atoms with E-state index in [0.29, 0.717) is 5.95 Å². The Hall–Kier alpha value is -3.75. The molecule has 0 spiro atoms. The minimum Gasteiger partial charge on any atom is -0.369 e. The zero-order chi connectivity index (χ0) is 26.5. The summed E-state index contributed by atoms with van der Waals surface area (Å²) in [6.07, 6.45) is 3.74. The SMILES string of the molecule is CCN(C)CCn1ncc(-c2ccnc(Nc3ccc(N4CCN(C)CC4)cc3)n2)c1-c1ccc(C)cc1. The van der Waals surface area contributed by atoms with Crippen LogP contribution in [0.1, 0.15) is 12.5 Å². The molecule has 0 bridgehead atoms. The van der Waals surface area contributed by atoms with Crippen LogP contribution in [0.15, 0.2) is 67.0 Å². The Kier molecular flexibility index (Phi) is 8.00. The first-order chi connectivity index (χ1) is 18.5. The number of benzene rings is 2. The van der Waals surface area contributed by atoms with Crippen molar-refractivity contribution in [2.45, 2.75) is 20.4 Å². The first kappa shape index (κ1) is 25.9. The van der Waals surface area contributed by atoms with E-state index in [4.69, 9.17) is 10.1 Å². The molecule has 0 unspecified atom stereocenters. The molecule has 0 amide bonds. The smallest absolute Gasteiger partial charge is 0.227 e. The summed E-state index contributed by atoms with van der Waals surface area (Å²) >= 11 is 0. The van der Waals surface area contributed by atoms with Gasteiger partial charge in [0.05, 0.1) is 24.1 Å². The number of nitrogens with one attached hydrogen (secondary N) is 1. The van der Waals surface area contributed by atoms with Crippen LogP contribution in [0.2, 0.25) is 0 Å². The largest absolute Gasteiger partial charge is 0.369 e. The minimum absolute atomic E-state index is 0.572. The van der Waals surface area contributed by atoms with Crippen molar-refractivity contribution < 1.29 is 0 Å². The maximum Gasteiger partial charge on any atom is 0.227 e. The van der Waals surface area contributed by atoms with E-state index in [1.807, 2.05) is 18.5 Å². The van der Waals surface area contributed by atoms with E-state index in [2.05, 4.69) is 106 Å². The molecule has 8 heteroatoms. The summed E-state index contributed by atoms with van der Waals surface area (Å²) in [5, 5.41) is 8.16. The van der Waals surface area contributed by atoms with E-state index in [1.165, 1.54) is 11.3 Å². The number of likely N-dealkylation sites (N-methyl/N-ethyl adjacent to an activating group) is 2. The molecule has 1 aliphatic rings. The Morgan fingerprint density at radius 1 is 0.947 bits per heavy atom. The lowest BCUT2D eigenvalue weighted by molar-refractivity contribution is 0.313. The summed E-state index contributed by atoms with van der Waals surface area (Å²) in [5.41, 5.74) is 7.52. The van der Waals surface area contributed by atoms with Gasteiger partial charge in [0.2, 0.25) is 5.95 Å². The molecule has 8 nitrogen and oxygen atoms in total. The number of aryl methyl sites for hydroxylation is 1. The molecule has 2 aromatic heterocycles. The highest BCUT2D eigenvalue weighted by Gasteiger charge is 2.17. The van der Waals surface area contributed by atoms with Crippen LogP contribution in [0.4, 0.5) is 17.3 Å². The van der Waals surface area contributed by atoms with Crippen molar-refractivity contribution in [1.82, 2.24) is 29.5 Å². The lowest BCUT2D eigenvalue weighted by Crippen LogP contribution is -2.44. The maximum absolute atomic E-state index is 4.89. The maximum atomic E-state index is 4.89. The van der Waals surface area contributed by atoms with Crippen LogP contribution in [-0.2, 0) is 6.54 Å². The van der Waals surface area contributed by atoms with Crippen molar-refractivity contribution in [2.24, 2.45) is 0 Å². The predicted octanol–water partition coefficient (Wildman–Crippen LogP) is 4.76. The zero-order valence-electron chi connectivity index (χ0n) is 22.9. The Balaban J connectivity index is 1.38. The van der Waals surface area contributed by atoms with Gasteiger partial charge >= 0.3 is 0 Å². The van der Waals surface area contributed by atoms with Crippen LogP contribution in [0.5, 0.6) is 0 Å². The van der Waals surface area contributed by atoms with Crippen LogP contribution in [0.25, 0.3) is 22.5 Å². The third kappa shape index (κ3) is 6.03. The molecule has 1 saturated heterocycles. The Morgan fingerprint density at radius 2 is 1.68 bits per heavy atom. The Labute approximate surface area is 225 Å². The highest BCUT2D eigenvalue weighted by Crippen LogP contribution is 2.32. The highest BCUT2D eigenvalue weighted by molar-refractivity contribution is 5.79. The van der Waals surface area contributed by atoms with Gasteiger partial charge in [0, 0.05) is 61.4 Å². The average molecular weight is 511 g/mol. The number of anilines is 3. The molecule has 0 saturated carbocycles. The molecule has 2 aromatic carbocycles. The second-order valence-electron chi connectivity index (χ2n) is 10.1. The fourth-order valence-electron chi connectivity index (χ4n) is 4.70. The number of hydrogen-bond donors (Lipinski definition) is 1.